The number of fused-ring (bicyclic) bond motifs is 3. The number of hydrogen-bond donors (Lipinski definition) is 1. The Bertz CT molecular complexity index is 1220. The van der Waals surface area contributed by atoms with Crippen LogP contribution >= 0.6 is 0 Å². The van der Waals surface area contributed by atoms with E-state index in [4.69, 9.17) is 10.5 Å². The number of nitrogens with two attached hydrogens (primary N) is 1. The number of hydrogen-bond acceptors (Lipinski definition) is 4. The second kappa shape index (κ2) is 8.45. The molecule has 0 saturated heterocycles. The summed E-state index contributed by atoms with van der Waals surface area (Å²) >= 11 is 0. The van der Waals surface area contributed by atoms with Crippen molar-refractivity contribution in [2.24, 2.45) is 18.7 Å². The van der Waals surface area contributed by atoms with Gasteiger partial charge in [-0.2, -0.15) is 4.57 Å². The van der Waals surface area contributed by atoms with Crippen LogP contribution in [0.2, 0.25) is 0 Å². The molecule has 2 aromatic heterocycles. The van der Waals surface area contributed by atoms with E-state index in [-0.39, 0.29) is 24.4 Å². The zero-order chi connectivity index (χ0) is 23.2. The molecule has 1 unspecified atom stereocenters. The van der Waals surface area contributed by atoms with Gasteiger partial charge in [0.05, 0.1) is 5.92 Å². The standard InChI is InChI=1S/C26H33N4O3/c1-18-29(14-15-30(18)17-33-25(32)26(27)12-6-3-7-13-26)16-19-10-11-22-23(24(19)31)20-8-4-5-9-21(20)28(22)2/h4-5,8-9,14-15,19H,3,6-7,10-13,16-17,27H2,1-2H3/q+1. The van der Waals surface area contributed by atoms with Gasteiger partial charge < -0.3 is 15.0 Å². The van der Waals surface area contributed by atoms with Crippen LogP contribution in [0.4, 0.5) is 0 Å². The highest BCUT2D eigenvalue weighted by Gasteiger charge is 2.38. The zero-order valence-corrected chi connectivity index (χ0v) is 19.5. The smallest absolute Gasteiger partial charge is 0.329 e. The summed E-state index contributed by atoms with van der Waals surface area (Å²) in [5.74, 6) is 0.795. The lowest BCUT2D eigenvalue weighted by atomic mass is 9.83. The van der Waals surface area contributed by atoms with E-state index in [1.54, 1.807) is 0 Å². The molecule has 1 aromatic carbocycles. The highest BCUT2D eigenvalue weighted by Crippen LogP contribution is 2.34. The molecule has 0 radical (unpaired) electrons. The Labute approximate surface area is 194 Å². The maximum Gasteiger partial charge on any atom is 0.329 e. The molecule has 0 amide bonds. The second-order valence-electron chi connectivity index (χ2n) is 9.74. The number of Topliss-reactive ketones (excluding diaryl/α,β-unsaturated/α-hetero) is 1. The number of aromatic nitrogens is 3. The van der Waals surface area contributed by atoms with Crippen LogP contribution in [0.15, 0.2) is 36.7 Å². The average Bonchev–Trinajstić information content (AvgIpc) is 3.32. The summed E-state index contributed by atoms with van der Waals surface area (Å²) in [5, 5.41) is 1.05. The summed E-state index contributed by atoms with van der Waals surface area (Å²) in [5.41, 5.74) is 8.60. The number of carbonyl (C=O) groups is 2. The topological polar surface area (TPSA) is 83.1 Å². The highest BCUT2D eigenvalue weighted by atomic mass is 16.5. The van der Waals surface area contributed by atoms with Crippen molar-refractivity contribution >= 4 is 22.7 Å². The molecule has 2 heterocycles. The molecule has 5 rings (SSSR count). The number of imidazole rings is 1. The van der Waals surface area contributed by atoms with Gasteiger partial charge in [0.25, 0.3) is 5.82 Å². The number of esters is 1. The molecule has 2 aliphatic carbocycles. The predicted molar refractivity (Wildman–Crippen MR) is 125 cm³/mol. The molecule has 1 saturated carbocycles. The van der Waals surface area contributed by atoms with Gasteiger partial charge in [0.15, 0.2) is 5.78 Å². The predicted octanol–water partition coefficient (Wildman–Crippen LogP) is 3.18. The third kappa shape index (κ3) is 3.78. The summed E-state index contributed by atoms with van der Waals surface area (Å²) < 4.78 is 11.7. The first-order valence-electron chi connectivity index (χ1n) is 12.0. The lowest BCUT2D eigenvalue weighted by Gasteiger charge is -2.30. The first-order valence-corrected chi connectivity index (χ1v) is 12.0. The average molecular weight is 450 g/mol. The van der Waals surface area contributed by atoms with E-state index in [0.29, 0.717) is 19.4 Å². The van der Waals surface area contributed by atoms with Gasteiger partial charge >= 0.3 is 5.97 Å². The largest absolute Gasteiger partial charge is 0.423 e. The fourth-order valence-corrected chi connectivity index (χ4v) is 5.60. The van der Waals surface area contributed by atoms with Crippen LogP contribution in [0, 0.1) is 12.8 Å². The molecule has 3 aromatic rings. The number of carbonyl (C=O) groups excluding carboxylic acids is 2. The third-order valence-corrected chi connectivity index (χ3v) is 7.74. The van der Waals surface area contributed by atoms with Crippen molar-refractivity contribution in [1.82, 2.24) is 9.13 Å². The zero-order valence-electron chi connectivity index (χ0n) is 19.5. The van der Waals surface area contributed by atoms with Gasteiger partial charge in [0, 0.05) is 36.1 Å². The van der Waals surface area contributed by atoms with Crippen LogP contribution in [-0.4, -0.2) is 26.4 Å². The number of para-hydroxylation sites is 1. The molecular weight excluding hydrogens is 416 g/mol. The van der Waals surface area contributed by atoms with Crippen LogP contribution < -0.4 is 10.3 Å². The Hall–Kier alpha value is -2.93. The van der Waals surface area contributed by atoms with Crippen molar-refractivity contribution in [3.8, 4) is 0 Å². The molecule has 1 fully saturated rings. The van der Waals surface area contributed by atoms with Crippen LogP contribution in [0.3, 0.4) is 0 Å². The number of ether oxygens (including phenoxy) is 1. The Morgan fingerprint density at radius 2 is 2.00 bits per heavy atom. The summed E-state index contributed by atoms with van der Waals surface area (Å²) in [6.07, 6.45) is 10.1. The molecule has 7 nitrogen and oxygen atoms in total. The summed E-state index contributed by atoms with van der Waals surface area (Å²) in [4.78, 5) is 26.1. The summed E-state index contributed by atoms with van der Waals surface area (Å²) in [7, 11) is 2.05. The second-order valence-corrected chi connectivity index (χ2v) is 9.74. The molecule has 2 N–H and O–H groups in total. The SMILES string of the molecule is Cc1n(CC2CCc3c(c4ccccc4n3C)C2=O)cc[n+]1COC(=O)C1(N)CCCCC1. The molecule has 0 bridgehead atoms. The molecule has 1 atom stereocenters. The maximum atomic E-state index is 13.5. The maximum absolute atomic E-state index is 13.5. The Kier molecular flexibility index (Phi) is 5.60. The Balaban J connectivity index is 1.29. The molecule has 33 heavy (non-hydrogen) atoms. The van der Waals surface area contributed by atoms with Crippen molar-refractivity contribution in [2.75, 3.05) is 0 Å². The quantitative estimate of drug-likeness (QED) is 0.479. The number of benzene rings is 1. The van der Waals surface area contributed by atoms with Crippen molar-refractivity contribution in [3.63, 3.8) is 0 Å². The lowest BCUT2D eigenvalue weighted by molar-refractivity contribution is -0.732. The first-order chi connectivity index (χ1) is 15.9. The Morgan fingerprint density at radius 3 is 2.79 bits per heavy atom. The van der Waals surface area contributed by atoms with E-state index < -0.39 is 5.54 Å². The number of aryl methyl sites for hydroxylation is 1. The van der Waals surface area contributed by atoms with E-state index in [1.165, 1.54) is 0 Å². The molecule has 7 heteroatoms. The minimum Gasteiger partial charge on any atom is -0.423 e. The van der Waals surface area contributed by atoms with Gasteiger partial charge in [-0.1, -0.05) is 37.5 Å². The van der Waals surface area contributed by atoms with Crippen molar-refractivity contribution < 1.29 is 18.9 Å². The molecular formula is C26H33N4O3+. The molecule has 0 aliphatic heterocycles. The van der Waals surface area contributed by atoms with Gasteiger partial charge in [-0.3, -0.25) is 4.79 Å². The molecule has 174 valence electrons. The van der Waals surface area contributed by atoms with Gasteiger partial charge in [0.2, 0.25) is 6.73 Å². The minimum absolute atomic E-state index is 0.0695. The van der Waals surface area contributed by atoms with Crippen LogP contribution in [-0.2, 0) is 36.3 Å². The van der Waals surface area contributed by atoms with Crippen molar-refractivity contribution in [3.05, 3.63) is 53.7 Å². The van der Waals surface area contributed by atoms with Crippen molar-refractivity contribution in [2.45, 2.75) is 70.7 Å². The number of rotatable bonds is 5. The molecule has 0 spiro atoms. The minimum atomic E-state index is -0.847. The summed E-state index contributed by atoms with van der Waals surface area (Å²) in [6, 6.07) is 8.15. The van der Waals surface area contributed by atoms with E-state index in [9.17, 15) is 9.59 Å². The monoisotopic (exact) mass is 449 g/mol. The first kappa shape index (κ1) is 21.9. The van der Waals surface area contributed by atoms with Gasteiger partial charge in [-0.15, -0.1) is 0 Å². The third-order valence-electron chi connectivity index (χ3n) is 7.74. The van der Waals surface area contributed by atoms with Crippen LogP contribution in [0.5, 0.6) is 0 Å². The number of nitrogens with zero attached hydrogens (tertiary/aromatic N) is 3. The van der Waals surface area contributed by atoms with Gasteiger partial charge in [-0.05, 0) is 31.7 Å². The van der Waals surface area contributed by atoms with Crippen LogP contribution in [0.25, 0.3) is 10.9 Å². The van der Waals surface area contributed by atoms with Crippen molar-refractivity contribution in [1.29, 1.82) is 0 Å². The van der Waals surface area contributed by atoms with E-state index >= 15 is 0 Å². The van der Waals surface area contributed by atoms with Crippen LogP contribution in [0.1, 0.15) is 60.4 Å². The van der Waals surface area contributed by atoms with E-state index in [1.807, 2.05) is 49.1 Å². The Morgan fingerprint density at radius 1 is 1.24 bits per heavy atom. The fraction of sp³-hybridized carbons (Fsp3) is 0.500. The number of ketones is 1. The van der Waals surface area contributed by atoms with Gasteiger partial charge in [-0.25, -0.2) is 9.36 Å². The lowest BCUT2D eigenvalue weighted by Crippen LogP contribution is -2.52. The fourth-order valence-electron chi connectivity index (χ4n) is 5.60. The van der Waals surface area contributed by atoms with E-state index in [0.717, 1.165) is 60.1 Å². The molecule has 2 aliphatic rings. The van der Waals surface area contributed by atoms with Gasteiger partial charge in [0.1, 0.15) is 24.5 Å². The summed E-state index contributed by atoms with van der Waals surface area (Å²) in [6.45, 7) is 2.75. The normalized spacial score (nSPS) is 20.1. The van der Waals surface area contributed by atoms with E-state index in [2.05, 4.69) is 15.2 Å². The highest BCUT2D eigenvalue weighted by molar-refractivity contribution is 6.11.